The lowest BCUT2D eigenvalue weighted by Gasteiger charge is -2.42. The molecule has 0 aromatic heterocycles. The summed E-state index contributed by atoms with van der Waals surface area (Å²) in [5, 5.41) is 8.46. The molecule has 0 aliphatic carbocycles. The molecule has 2 aromatic rings. The van der Waals surface area contributed by atoms with Gasteiger partial charge in [0.25, 0.3) is 5.91 Å². The Bertz CT molecular complexity index is 1080. The molecule has 3 N–H and O–H groups in total. The van der Waals surface area contributed by atoms with Crippen molar-refractivity contribution in [1.29, 1.82) is 0 Å². The van der Waals surface area contributed by atoms with Gasteiger partial charge in [-0.1, -0.05) is 37.3 Å². The van der Waals surface area contributed by atoms with Crippen LogP contribution in [-0.4, -0.2) is 61.2 Å². The molecule has 192 valence electrons. The Labute approximate surface area is 211 Å². The molecule has 0 bridgehead atoms. The molecule has 4 amide bonds. The zero-order valence-electron chi connectivity index (χ0n) is 20.8. The molecule has 1 saturated heterocycles. The Morgan fingerprint density at radius 3 is 2.67 bits per heavy atom. The van der Waals surface area contributed by atoms with E-state index < -0.39 is 0 Å². The Morgan fingerprint density at radius 2 is 1.89 bits per heavy atom. The molecule has 9 nitrogen and oxygen atoms in total. The van der Waals surface area contributed by atoms with Crippen LogP contribution < -0.4 is 20.7 Å². The van der Waals surface area contributed by atoms with E-state index in [2.05, 4.69) is 16.0 Å². The average molecular weight is 495 g/mol. The first kappa shape index (κ1) is 25.5. The van der Waals surface area contributed by atoms with Crippen molar-refractivity contribution >= 4 is 23.5 Å². The number of nitrogens with one attached hydrogen (secondary N) is 3. The summed E-state index contributed by atoms with van der Waals surface area (Å²) in [7, 11) is 1.76. The molecule has 0 radical (unpaired) electrons. The van der Waals surface area contributed by atoms with Crippen molar-refractivity contribution in [3.63, 3.8) is 0 Å². The van der Waals surface area contributed by atoms with Gasteiger partial charge in [-0.2, -0.15) is 0 Å². The molecule has 2 heterocycles. The fourth-order valence-electron chi connectivity index (χ4n) is 4.59. The molecular weight excluding hydrogens is 460 g/mol. The summed E-state index contributed by atoms with van der Waals surface area (Å²) >= 11 is 0. The normalized spacial score (nSPS) is 21.2. The van der Waals surface area contributed by atoms with Crippen LogP contribution in [0.1, 0.15) is 48.5 Å². The van der Waals surface area contributed by atoms with Gasteiger partial charge in [0.1, 0.15) is 18.5 Å². The molecule has 2 aliphatic heterocycles. The lowest BCUT2D eigenvalue weighted by atomic mass is 9.94. The summed E-state index contributed by atoms with van der Waals surface area (Å²) < 4.78 is 12.3. The quantitative estimate of drug-likeness (QED) is 0.547. The number of carbonyl (C=O) groups is 3. The van der Waals surface area contributed by atoms with Gasteiger partial charge in [-0.05, 0) is 43.0 Å². The van der Waals surface area contributed by atoms with Gasteiger partial charge in [0.15, 0.2) is 0 Å². The highest BCUT2D eigenvalue weighted by atomic mass is 16.5. The van der Waals surface area contributed by atoms with E-state index in [4.69, 9.17) is 9.47 Å². The van der Waals surface area contributed by atoms with Crippen molar-refractivity contribution in [3.8, 4) is 5.75 Å². The van der Waals surface area contributed by atoms with E-state index in [1.54, 1.807) is 30.1 Å². The van der Waals surface area contributed by atoms with Crippen molar-refractivity contribution in [2.75, 3.05) is 25.5 Å². The summed E-state index contributed by atoms with van der Waals surface area (Å²) in [5.74, 6) is 0.183. The highest BCUT2D eigenvalue weighted by Gasteiger charge is 2.39. The maximum atomic E-state index is 13.3. The summed E-state index contributed by atoms with van der Waals surface area (Å²) in [6.07, 6.45) is 1.90. The topological polar surface area (TPSA) is 109 Å². The number of nitrogens with zero attached hydrogens (tertiary/aromatic N) is 1. The van der Waals surface area contributed by atoms with Gasteiger partial charge >= 0.3 is 6.03 Å². The van der Waals surface area contributed by atoms with Crippen molar-refractivity contribution in [2.24, 2.45) is 0 Å². The van der Waals surface area contributed by atoms with E-state index in [9.17, 15) is 14.4 Å². The van der Waals surface area contributed by atoms with Gasteiger partial charge < -0.3 is 30.3 Å². The largest absolute Gasteiger partial charge is 0.490 e. The maximum absolute atomic E-state index is 13.3. The van der Waals surface area contributed by atoms with Gasteiger partial charge in [-0.3, -0.25) is 9.59 Å². The van der Waals surface area contributed by atoms with Crippen LogP contribution in [0.2, 0.25) is 0 Å². The van der Waals surface area contributed by atoms with E-state index in [0.717, 1.165) is 12.0 Å². The summed E-state index contributed by atoms with van der Waals surface area (Å²) in [5.41, 5.74) is 1.96. The van der Waals surface area contributed by atoms with E-state index in [-0.39, 0.29) is 49.1 Å². The predicted molar refractivity (Wildman–Crippen MR) is 136 cm³/mol. The lowest BCUT2D eigenvalue weighted by molar-refractivity contribution is -0.134. The van der Waals surface area contributed by atoms with Crippen LogP contribution in [0.4, 0.5) is 10.5 Å². The predicted octanol–water partition coefficient (Wildman–Crippen LogP) is 3.31. The zero-order valence-corrected chi connectivity index (χ0v) is 20.8. The molecule has 2 aromatic carbocycles. The van der Waals surface area contributed by atoms with Crippen LogP contribution >= 0.6 is 0 Å². The Morgan fingerprint density at radius 1 is 1.08 bits per heavy atom. The summed E-state index contributed by atoms with van der Waals surface area (Å²) in [6.45, 7) is 3.29. The standard InChI is InChI=1S/C27H34N4O5/c1-3-13-28-27(34)30-19-9-12-23-21(14-19)26(33)31(2)22-11-10-20(36-24(22)17-35-23)15-25(32)29-16-18-7-5-4-6-8-18/h4-9,12,14,20,22,24H,3,10-11,13,15-17H2,1-2H3,(H,29,32)(H2,28,30,34)/t20-,22-,24-/m1/s1. The molecule has 0 spiro atoms. The number of anilines is 1. The number of fused-ring (bicyclic) bond motifs is 2. The van der Waals surface area contributed by atoms with E-state index >= 15 is 0 Å². The highest BCUT2D eigenvalue weighted by Crippen LogP contribution is 2.32. The molecule has 2 aliphatic rings. The Hall–Kier alpha value is -3.59. The average Bonchev–Trinajstić information content (AvgIpc) is 2.89. The number of rotatable bonds is 7. The van der Waals surface area contributed by atoms with Gasteiger partial charge in [-0.25, -0.2) is 4.79 Å². The summed E-state index contributed by atoms with van der Waals surface area (Å²) in [4.78, 5) is 39.5. The molecule has 0 saturated carbocycles. The van der Waals surface area contributed by atoms with Gasteiger partial charge in [0.05, 0.1) is 24.1 Å². The van der Waals surface area contributed by atoms with Crippen molar-refractivity contribution in [2.45, 2.75) is 57.4 Å². The number of benzene rings is 2. The maximum Gasteiger partial charge on any atom is 0.319 e. The minimum Gasteiger partial charge on any atom is -0.490 e. The van der Waals surface area contributed by atoms with Crippen LogP contribution in [0.25, 0.3) is 0 Å². The number of likely N-dealkylation sites (N-methyl/N-ethyl adjacent to an activating group) is 1. The first-order chi connectivity index (χ1) is 17.4. The van der Waals surface area contributed by atoms with Crippen LogP contribution in [0.5, 0.6) is 5.75 Å². The van der Waals surface area contributed by atoms with Crippen molar-refractivity contribution in [3.05, 3.63) is 59.7 Å². The summed E-state index contributed by atoms with van der Waals surface area (Å²) in [6, 6.07) is 14.3. The first-order valence-corrected chi connectivity index (χ1v) is 12.5. The van der Waals surface area contributed by atoms with Gasteiger partial charge in [0.2, 0.25) is 5.91 Å². The molecule has 3 atom stereocenters. The number of amides is 4. The Balaban J connectivity index is 1.37. The molecular formula is C27H34N4O5. The third kappa shape index (κ3) is 6.34. The van der Waals surface area contributed by atoms with E-state index in [0.29, 0.717) is 42.9 Å². The third-order valence-corrected chi connectivity index (χ3v) is 6.55. The number of hydrogen-bond donors (Lipinski definition) is 3. The molecule has 0 unspecified atom stereocenters. The third-order valence-electron chi connectivity index (χ3n) is 6.55. The van der Waals surface area contributed by atoms with E-state index in [1.165, 1.54) is 0 Å². The number of carbonyl (C=O) groups excluding carboxylic acids is 3. The molecule has 4 rings (SSSR count). The van der Waals surface area contributed by atoms with Gasteiger partial charge in [-0.15, -0.1) is 0 Å². The van der Waals surface area contributed by atoms with Crippen LogP contribution in [0, 0.1) is 0 Å². The lowest BCUT2D eigenvalue weighted by Crippen LogP contribution is -2.53. The van der Waals surface area contributed by atoms with Crippen molar-refractivity contribution in [1.82, 2.24) is 15.5 Å². The fraction of sp³-hybridized carbons (Fsp3) is 0.444. The Kier molecular flexibility index (Phi) is 8.43. The van der Waals surface area contributed by atoms with Gasteiger partial charge in [0, 0.05) is 25.8 Å². The highest BCUT2D eigenvalue weighted by molar-refractivity contribution is 5.99. The molecule has 36 heavy (non-hydrogen) atoms. The fourth-order valence-corrected chi connectivity index (χ4v) is 4.59. The van der Waals surface area contributed by atoms with Crippen LogP contribution in [-0.2, 0) is 16.1 Å². The first-order valence-electron chi connectivity index (χ1n) is 12.5. The molecule has 9 heteroatoms. The number of hydrogen-bond acceptors (Lipinski definition) is 5. The van der Waals surface area contributed by atoms with Crippen LogP contribution in [0.3, 0.4) is 0 Å². The zero-order chi connectivity index (χ0) is 25.5. The van der Waals surface area contributed by atoms with Crippen LogP contribution in [0.15, 0.2) is 48.5 Å². The minimum atomic E-state index is -0.342. The smallest absolute Gasteiger partial charge is 0.319 e. The van der Waals surface area contributed by atoms with Crippen molar-refractivity contribution < 1.29 is 23.9 Å². The second kappa shape index (κ2) is 11.9. The molecule has 1 fully saturated rings. The number of ether oxygens (including phenoxy) is 2. The minimum absolute atomic E-state index is 0.0631. The SMILES string of the molecule is CCCNC(=O)Nc1ccc2c(c1)C(=O)N(C)[C@@H]1CC[C@H](CC(=O)NCc3ccccc3)O[C@@H]1CO2. The van der Waals surface area contributed by atoms with E-state index in [1.807, 2.05) is 37.3 Å². The second-order valence-electron chi connectivity index (χ2n) is 9.23. The monoisotopic (exact) mass is 494 g/mol. The second-order valence-corrected chi connectivity index (χ2v) is 9.23. The number of urea groups is 1.